The molecule has 35 heavy (non-hydrogen) atoms. The van der Waals surface area contributed by atoms with Crippen molar-refractivity contribution in [2.24, 2.45) is 13.0 Å². The predicted molar refractivity (Wildman–Crippen MR) is 128 cm³/mol. The minimum atomic E-state index is -3.96. The van der Waals surface area contributed by atoms with E-state index in [0.717, 1.165) is 19.3 Å². The monoisotopic (exact) mass is 526 g/mol. The Labute approximate surface area is 208 Å². The molecule has 13 heteroatoms. The Morgan fingerprint density at radius 1 is 1.23 bits per heavy atom. The molecule has 2 aliphatic rings. The van der Waals surface area contributed by atoms with E-state index in [4.69, 9.17) is 11.6 Å². The first-order chi connectivity index (χ1) is 16.6. The third kappa shape index (κ3) is 5.44. The molecule has 0 radical (unpaired) electrons. The normalized spacial score (nSPS) is 21.7. The summed E-state index contributed by atoms with van der Waals surface area (Å²) < 4.78 is 41.8. The van der Waals surface area contributed by atoms with E-state index < -0.39 is 27.3 Å². The number of nitrogens with zero attached hydrogens (tertiary/aromatic N) is 3. The van der Waals surface area contributed by atoms with Gasteiger partial charge in [0.05, 0.1) is 28.4 Å². The lowest BCUT2D eigenvalue weighted by molar-refractivity contribution is 0.0941. The highest BCUT2D eigenvalue weighted by Crippen LogP contribution is 2.39. The van der Waals surface area contributed by atoms with Crippen LogP contribution in [0.3, 0.4) is 0 Å². The van der Waals surface area contributed by atoms with Gasteiger partial charge in [-0.15, -0.1) is 4.83 Å². The van der Waals surface area contributed by atoms with Crippen molar-refractivity contribution >= 4 is 33.6 Å². The van der Waals surface area contributed by atoms with Crippen molar-refractivity contribution in [1.29, 1.82) is 0 Å². The quantitative estimate of drug-likeness (QED) is 0.478. The number of imidazole rings is 1. The van der Waals surface area contributed by atoms with Gasteiger partial charge in [0.25, 0.3) is 5.91 Å². The molecule has 2 aliphatic heterocycles. The van der Waals surface area contributed by atoms with E-state index >= 15 is 0 Å². The summed E-state index contributed by atoms with van der Waals surface area (Å²) in [6.45, 7) is 2.33. The van der Waals surface area contributed by atoms with Crippen LogP contribution in [0.15, 0.2) is 24.7 Å². The van der Waals surface area contributed by atoms with Gasteiger partial charge < -0.3 is 14.8 Å². The van der Waals surface area contributed by atoms with Crippen LogP contribution in [0.5, 0.6) is 0 Å². The number of sulfonamides is 1. The highest BCUT2D eigenvalue weighted by molar-refractivity contribution is 7.89. The Hall–Kier alpha value is -2.70. The number of hydrogen-bond acceptors (Lipinski definition) is 5. The lowest BCUT2D eigenvalue weighted by atomic mass is 9.92. The molecule has 190 valence electrons. The summed E-state index contributed by atoms with van der Waals surface area (Å²) in [4.78, 5) is 33.1. The molecule has 2 fully saturated rings. The van der Waals surface area contributed by atoms with Crippen molar-refractivity contribution in [3.8, 4) is 11.3 Å². The van der Waals surface area contributed by atoms with Crippen LogP contribution in [-0.4, -0.2) is 59.2 Å². The largest absolute Gasteiger partial charge is 0.340 e. The van der Waals surface area contributed by atoms with Crippen molar-refractivity contribution in [2.75, 3.05) is 12.3 Å². The Morgan fingerprint density at radius 2 is 1.97 bits per heavy atom. The molecule has 1 aromatic carbocycles. The minimum Gasteiger partial charge on any atom is -0.340 e. The van der Waals surface area contributed by atoms with Crippen molar-refractivity contribution < 1.29 is 22.4 Å². The minimum absolute atomic E-state index is 0.122. The van der Waals surface area contributed by atoms with Crippen LogP contribution in [-0.2, 0) is 17.1 Å². The highest BCUT2D eigenvalue weighted by atomic mass is 35.5. The van der Waals surface area contributed by atoms with Gasteiger partial charge in [-0.2, -0.15) is 0 Å². The van der Waals surface area contributed by atoms with E-state index in [-0.39, 0.29) is 34.8 Å². The molecular weight excluding hydrogens is 499 g/mol. The number of fused-ring (bicyclic) bond motifs is 2. The van der Waals surface area contributed by atoms with Gasteiger partial charge in [-0.25, -0.2) is 22.6 Å². The number of aromatic nitrogens is 2. The number of benzene rings is 1. The van der Waals surface area contributed by atoms with E-state index in [2.05, 4.69) is 20.6 Å². The second kappa shape index (κ2) is 10.1. The van der Waals surface area contributed by atoms with Crippen LogP contribution in [0.25, 0.3) is 11.3 Å². The average molecular weight is 527 g/mol. The molecule has 4 rings (SSSR count). The SMILES string of the molecule is CCNC(=O)N1[C@H]2CC[C@@H](CS(=O)(=O)NNC(=O)c3cc(-c4cn(C)cn4)cc(Cl)c3F)[C@@H]1CC2. The number of hydrogen-bond donors (Lipinski definition) is 3. The van der Waals surface area contributed by atoms with E-state index in [9.17, 15) is 22.4 Å². The molecule has 3 atom stereocenters. The number of nitrogens with one attached hydrogen (secondary N) is 3. The second-order valence-corrected chi connectivity index (χ2v) is 11.1. The fraction of sp³-hybridized carbons (Fsp3) is 0.500. The zero-order valence-corrected chi connectivity index (χ0v) is 21.0. The number of carbonyl (C=O) groups excluding carboxylic acids is 2. The number of piperidine rings is 1. The summed E-state index contributed by atoms with van der Waals surface area (Å²) in [6, 6.07) is 2.37. The topological polar surface area (TPSA) is 125 Å². The molecule has 3 N–H and O–H groups in total. The van der Waals surface area contributed by atoms with Gasteiger partial charge in [0.2, 0.25) is 10.0 Å². The first-order valence-corrected chi connectivity index (χ1v) is 13.5. The van der Waals surface area contributed by atoms with Crippen LogP contribution < -0.4 is 15.6 Å². The highest BCUT2D eigenvalue weighted by Gasteiger charge is 2.45. The van der Waals surface area contributed by atoms with Gasteiger partial charge in [-0.3, -0.25) is 10.2 Å². The van der Waals surface area contributed by atoms with E-state index in [1.165, 1.54) is 12.1 Å². The van der Waals surface area contributed by atoms with Crippen molar-refractivity contribution in [1.82, 2.24) is 30.0 Å². The Balaban J connectivity index is 1.43. The van der Waals surface area contributed by atoms with Crippen molar-refractivity contribution in [3.63, 3.8) is 0 Å². The second-order valence-electron chi connectivity index (χ2n) is 8.96. The number of halogens is 2. The zero-order chi connectivity index (χ0) is 25.3. The first-order valence-electron chi connectivity index (χ1n) is 11.4. The number of hydrazine groups is 1. The fourth-order valence-electron chi connectivity index (χ4n) is 4.99. The summed E-state index contributed by atoms with van der Waals surface area (Å²) in [5.41, 5.74) is 2.56. The Bertz CT molecular complexity index is 1240. The molecule has 2 saturated heterocycles. The van der Waals surface area contributed by atoms with Crippen LogP contribution in [0, 0.1) is 11.7 Å². The molecule has 0 saturated carbocycles. The number of aryl methyl sites for hydroxylation is 1. The van der Waals surface area contributed by atoms with E-state index in [1.807, 2.05) is 6.92 Å². The molecule has 3 amide bonds. The summed E-state index contributed by atoms with van der Waals surface area (Å²) >= 11 is 5.97. The molecule has 2 bridgehead atoms. The van der Waals surface area contributed by atoms with Crippen LogP contribution in [0.1, 0.15) is 43.0 Å². The van der Waals surface area contributed by atoms with Gasteiger partial charge in [-0.05, 0) is 50.7 Å². The summed E-state index contributed by atoms with van der Waals surface area (Å²) in [5, 5.41) is 2.51. The van der Waals surface area contributed by atoms with Gasteiger partial charge in [-0.1, -0.05) is 11.6 Å². The zero-order valence-electron chi connectivity index (χ0n) is 19.4. The van der Waals surface area contributed by atoms with Gasteiger partial charge in [0.1, 0.15) is 0 Å². The van der Waals surface area contributed by atoms with Crippen LogP contribution >= 0.6 is 11.6 Å². The van der Waals surface area contributed by atoms with Gasteiger partial charge in [0.15, 0.2) is 5.82 Å². The maximum Gasteiger partial charge on any atom is 0.317 e. The Morgan fingerprint density at radius 3 is 2.66 bits per heavy atom. The van der Waals surface area contributed by atoms with Gasteiger partial charge in [0, 0.05) is 37.4 Å². The van der Waals surface area contributed by atoms with Crippen molar-refractivity contribution in [3.05, 3.63) is 41.1 Å². The molecule has 0 spiro atoms. The maximum atomic E-state index is 14.6. The lowest BCUT2D eigenvalue weighted by Crippen LogP contribution is -2.54. The number of rotatable bonds is 7. The van der Waals surface area contributed by atoms with Crippen LogP contribution in [0.2, 0.25) is 5.02 Å². The summed E-state index contributed by atoms with van der Waals surface area (Å²) in [7, 11) is -2.20. The third-order valence-electron chi connectivity index (χ3n) is 6.55. The summed E-state index contributed by atoms with van der Waals surface area (Å²) in [6.07, 6.45) is 6.19. The molecule has 1 aromatic heterocycles. The van der Waals surface area contributed by atoms with Gasteiger partial charge >= 0.3 is 6.03 Å². The number of carbonyl (C=O) groups is 2. The third-order valence-corrected chi connectivity index (χ3v) is 8.11. The molecule has 2 aromatic rings. The number of amides is 3. The Kier molecular flexibility index (Phi) is 7.34. The number of urea groups is 1. The molecule has 0 aliphatic carbocycles. The molecule has 10 nitrogen and oxygen atoms in total. The summed E-state index contributed by atoms with van der Waals surface area (Å²) in [5.74, 6) is -2.49. The average Bonchev–Trinajstić information content (AvgIpc) is 3.38. The lowest BCUT2D eigenvalue weighted by Gasteiger charge is -2.39. The molecular formula is C22H28ClFN6O4S. The molecule has 3 heterocycles. The molecule has 0 unspecified atom stereocenters. The smallest absolute Gasteiger partial charge is 0.317 e. The maximum absolute atomic E-state index is 14.6. The van der Waals surface area contributed by atoms with E-state index in [1.54, 1.807) is 29.0 Å². The van der Waals surface area contributed by atoms with E-state index in [0.29, 0.717) is 24.2 Å². The first kappa shape index (κ1) is 25.4. The fourth-order valence-corrected chi connectivity index (χ4v) is 6.49. The van der Waals surface area contributed by atoms with Crippen LogP contribution in [0.4, 0.5) is 9.18 Å². The van der Waals surface area contributed by atoms with Crippen molar-refractivity contribution in [2.45, 2.75) is 44.7 Å². The predicted octanol–water partition coefficient (Wildman–Crippen LogP) is 2.42. The standard InChI is InChI=1S/C22H28ClFN6O4S/c1-3-25-22(32)30-15-5-4-13(19(30)7-6-15)11-35(33,34)28-27-21(31)16-8-14(9-17(23)20(16)24)18-10-29(2)12-26-18/h8-10,12-13,15,19,28H,3-7,11H2,1-2H3,(H,25,32)(H,27,31)/t13-,15-,19-/m0/s1.